The standard InChI is InChI=1S/C16H14N2O3/c19-15-11-3-1-2-10-4-5-12(18-6-8-21-9-7-18)14(13(10)11)16(20)17-15/h1-5H,6-9H2,(H,17,19,20). The molecule has 2 aromatic carbocycles. The highest BCUT2D eigenvalue weighted by Gasteiger charge is 2.29. The Labute approximate surface area is 121 Å². The van der Waals surface area contributed by atoms with E-state index in [0.29, 0.717) is 24.3 Å². The molecule has 0 atom stereocenters. The van der Waals surface area contributed by atoms with E-state index in [1.165, 1.54) is 0 Å². The van der Waals surface area contributed by atoms with Crippen molar-refractivity contribution >= 4 is 28.3 Å². The lowest BCUT2D eigenvalue weighted by atomic mass is 9.93. The van der Waals surface area contributed by atoms with Crippen molar-refractivity contribution < 1.29 is 14.3 Å². The first-order chi connectivity index (χ1) is 10.3. The maximum Gasteiger partial charge on any atom is 0.260 e. The molecule has 1 saturated heterocycles. The topological polar surface area (TPSA) is 58.6 Å². The van der Waals surface area contributed by atoms with Crippen LogP contribution in [-0.4, -0.2) is 38.1 Å². The summed E-state index contributed by atoms with van der Waals surface area (Å²) in [5.74, 6) is -0.636. The molecule has 1 fully saturated rings. The van der Waals surface area contributed by atoms with Gasteiger partial charge in [-0.25, -0.2) is 0 Å². The van der Waals surface area contributed by atoms with Gasteiger partial charge in [-0.15, -0.1) is 0 Å². The van der Waals surface area contributed by atoms with Crippen molar-refractivity contribution in [3.63, 3.8) is 0 Å². The molecule has 0 spiro atoms. The quantitative estimate of drug-likeness (QED) is 0.806. The van der Waals surface area contributed by atoms with E-state index in [9.17, 15) is 9.59 Å². The SMILES string of the molecule is O=C1NC(=O)c2c(N3CCOCC3)ccc3cccc1c23. The second-order valence-corrected chi connectivity index (χ2v) is 5.25. The molecule has 106 valence electrons. The molecular weight excluding hydrogens is 268 g/mol. The molecule has 0 bridgehead atoms. The fourth-order valence-corrected chi connectivity index (χ4v) is 3.09. The Hall–Kier alpha value is -2.40. The minimum absolute atomic E-state index is 0.314. The Morgan fingerprint density at radius 2 is 1.81 bits per heavy atom. The van der Waals surface area contributed by atoms with Gasteiger partial charge in [0.1, 0.15) is 0 Å². The molecule has 0 radical (unpaired) electrons. The van der Waals surface area contributed by atoms with Crippen molar-refractivity contribution in [2.45, 2.75) is 0 Å². The predicted octanol–water partition coefficient (Wildman–Crippen LogP) is 1.56. The smallest absolute Gasteiger partial charge is 0.260 e. The second kappa shape index (κ2) is 4.56. The molecule has 4 rings (SSSR count). The molecule has 2 amide bonds. The second-order valence-electron chi connectivity index (χ2n) is 5.25. The van der Waals surface area contributed by atoms with Gasteiger partial charge in [-0.05, 0) is 17.5 Å². The third kappa shape index (κ3) is 1.81. The number of benzene rings is 2. The minimum atomic E-state index is -0.322. The van der Waals surface area contributed by atoms with Crippen LogP contribution < -0.4 is 10.2 Å². The van der Waals surface area contributed by atoms with Crippen molar-refractivity contribution in [2.24, 2.45) is 0 Å². The fraction of sp³-hybridized carbons (Fsp3) is 0.250. The summed E-state index contributed by atoms with van der Waals surface area (Å²) >= 11 is 0. The van der Waals surface area contributed by atoms with Crippen LogP contribution in [0.1, 0.15) is 20.7 Å². The van der Waals surface area contributed by atoms with Gasteiger partial charge in [-0.2, -0.15) is 0 Å². The van der Waals surface area contributed by atoms with Crippen LogP contribution in [0.4, 0.5) is 5.69 Å². The average Bonchev–Trinajstić information content (AvgIpc) is 2.53. The number of amides is 2. The fourth-order valence-electron chi connectivity index (χ4n) is 3.09. The van der Waals surface area contributed by atoms with Crippen LogP contribution in [-0.2, 0) is 4.74 Å². The van der Waals surface area contributed by atoms with E-state index in [2.05, 4.69) is 10.2 Å². The van der Waals surface area contributed by atoms with Gasteiger partial charge in [-0.1, -0.05) is 18.2 Å². The molecule has 2 aliphatic rings. The molecular formula is C16H14N2O3. The number of carbonyl (C=O) groups excluding carboxylic acids is 2. The summed E-state index contributed by atoms with van der Waals surface area (Å²) in [6.07, 6.45) is 0. The monoisotopic (exact) mass is 282 g/mol. The first-order valence-corrected chi connectivity index (χ1v) is 7.00. The van der Waals surface area contributed by atoms with Gasteiger partial charge in [0.2, 0.25) is 0 Å². The number of nitrogens with one attached hydrogen (secondary N) is 1. The van der Waals surface area contributed by atoms with Crippen LogP contribution in [0.2, 0.25) is 0 Å². The number of nitrogens with zero attached hydrogens (tertiary/aromatic N) is 1. The summed E-state index contributed by atoms with van der Waals surface area (Å²) in [5, 5.41) is 4.12. The van der Waals surface area contributed by atoms with Gasteiger partial charge in [0.05, 0.1) is 24.5 Å². The summed E-state index contributed by atoms with van der Waals surface area (Å²) < 4.78 is 5.37. The van der Waals surface area contributed by atoms with Crippen molar-refractivity contribution in [3.05, 3.63) is 41.5 Å². The van der Waals surface area contributed by atoms with Crippen molar-refractivity contribution in [1.82, 2.24) is 5.32 Å². The summed E-state index contributed by atoms with van der Waals surface area (Å²) in [6, 6.07) is 9.46. The molecule has 5 nitrogen and oxygen atoms in total. The third-order valence-corrected chi connectivity index (χ3v) is 4.07. The number of morpholine rings is 1. The summed E-state index contributed by atoms with van der Waals surface area (Å²) in [7, 11) is 0. The Morgan fingerprint density at radius 1 is 1.00 bits per heavy atom. The van der Waals surface area contributed by atoms with Crippen LogP contribution in [0.25, 0.3) is 10.8 Å². The molecule has 2 aromatic rings. The van der Waals surface area contributed by atoms with Crippen LogP contribution >= 0.6 is 0 Å². The molecule has 0 aliphatic carbocycles. The normalized spacial score (nSPS) is 18.0. The molecule has 1 N–H and O–H groups in total. The zero-order valence-corrected chi connectivity index (χ0v) is 11.4. The lowest BCUT2D eigenvalue weighted by Crippen LogP contribution is -2.40. The van der Waals surface area contributed by atoms with Gasteiger partial charge >= 0.3 is 0 Å². The van der Waals surface area contributed by atoms with Crippen molar-refractivity contribution in [2.75, 3.05) is 31.2 Å². The Balaban J connectivity index is 2.00. The molecule has 0 unspecified atom stereocenters. The van der Waals surface area contributed by atoms with Crippen LogP contribution in [0.5, 0.6) is 0 Å². The number of rotatable bonds is 1. The zero-order valence-electron chi connectivity index (χ0n) is 11.4. The number of hydrogen-bond acceptors (Lipinski definition) is 4. The molecule has 0 aromatic heterocycles. The van der Waals surface area contributed by atoms with Gasteiger partial charge in [0.25, 0.3) is 11.8 Å². The predicted molar refractivity (Wildman–Crippen MR) is 78.8 cm³/mol. The van der Waals surface area contributed by atoms with Crippen molar-refractivity contribution in [3.8, 4) is 0 Å². The van der Waals surface area contributed by atoms with Crippen molar-refractivity contribution in [1.29, 1.82) is 0 Å². The Morgan fingerprint density at radius 3 is 2.62 bits per heavy atom. The number of imide groups is 1. The van der Waals surface area contributed by atoms with E-state index in [1.54, 1.807) is 6.07 Å². The van der Waals surface area contributed by atoms with Crippen LogP contribution in [0.15, 0.2) is 30.3 Å². The Kier molecular flexibility index (Phi) is 2.68. The molecule has 21 heavy (non-hydrogen) atoms. The van der Waals surface area contributed by atoms with E-state index in [0.717, 1.165) is 29.5 Å². The van der Waals surface area contributed by atoms with E-state index >= 15 is 0 Å². The van der Waals surface area contributed by atoms with E-state index in [1.807, 2.05) is 24.3 Å². The van der Waals surface area contributed by atoms with Gasteiger partial charge in [0.15, 0.2) is 0 Å². The first-order valence-electron chi connectivity index (χ1n) is 7.00. The van der Waals surface area contributed by atoms with E-state index in [-0.39, 0.29) is 11.8 Å². The highest BCUT2D eigenvalue weighted by molar-refractivity contribution is 6.27. The third-order valence-electron chi connectivity index (χ3n) is 4.07. The maximum atomic E-state index is 12.4. The lowest BCUT2D eigenvalue weighted by molar-refractivity contribution is 0.0844. The van der Waals surface area contributed by atoms with E-state index < -0.39 is 0 Å². The highest BCUT2D eigenvalue weighted by atomic mass is 16.5. The number of hydrogen-bond donors (Lipinski definition) is 1. The largest absolute Gasteiger partial charge is 0.378 e. The van der Waals surface area contributed by atoms with E-state index in [4.69, 9.17) is 4.74 Å². The molecule has 2 aliphatic heterocycles. The summed E-state index contributed by atoms with van der Waals surface area (Å²) in [5.41, 5.74) is 2.05. The van der Waals surface area contributed by atoms with Crippen LogP contribution in [0.3, 0.4) is 0 Å². The first kappa shape index (κ1) is 12.3. The molecule has 2 heterocycles. The lowest BCUT2D eigenvalue weighted by Gasteiger charge is -2.31. The number of ether oxygens (including phenoxy) is 1. The molecule has 5 heteroatoms. The average molecular weight is 282 g/mol. The van der Waals surface area contributed by atoms with Gasteiger partial charge in [0, 0.05) is 24.0 Å². The Bertz CT molecular complexity index is 763. The zero-order chi connectivity index (χ0) is 14.4. The summed E-state index contributed by atoms with van der Waals surface area (Å²) in [4.78, 5) is 26.5. The molecule has 0 saturated carbocycles. The minimum Gasteiger partial charge on any atom is -0.378 e. The van der Waals surface area contributed by atoms with Gasteiger partial charge in [-0.3, -0.25) is 14.9 Å². The van der Waals surface area contributed by atoms with Gasteiger partial charge < -0.3 is 9.64 Å². The maximum absolute atomic E-state index is 12.4. The van der Waals surface area contributed by atoms with Crippen LogP contribution in [0, 0.1) is 0 Å². The number of anilines is 1. The number of carbonyl (C=O) groups is 2. The summed E-state index contributed by atoms with van der Waals surface area (Å²) in [6.45, 7) is 2.81. The highest BCUT2D eigenvalue weighted by Crippen LogP contribution is 2.34.